The second kappa shape index (κ2) is 4.68. The van der Waals surface area contributed by atoms with Crippen molar-refractivity contribution in [3.63, 3.8) is 0 Å². The van der Waals surface area contributed by atoms with E-state index in [-0.39, 0.29) is 5.79 Å². The number of rotatable bonds is 5. The fraction of sp³-hybridized carbons (Fsp3) is 0.571. The van der Waals surface area contributed by atoms with Crippen molar-refractivity contribution in [3.8, 4) is 5.75 Å². The molecule has 2 rings (SSSR count). The molecule has 4 heteroatoms. The molecule has 0 unspecified atom stereocenters. The molecule has 0 saturated heterocycles. The molecule has 0 bridgehead atoms. The fourth-order valence-corrected chi connectivity index (χ4v) is 3.68. The highest BCUT2D eigenvalue weighted by Crippen LogP contribution is 2.55. The van der Waals surface area contributed by atoms with Gasteiger partial charge in [-0.3, -0.25) is 0 Å². The summed E-state index contributed by atoms with van der Waals surface area (Å²) in [7, 11) is 1.83. The van der Waals surface area contributed by atoms with Gasteiger partial charge in [-0.25, -0.2) is 0 Å². The first-order chi connectivity index (χ1) is 8.40. The summed E-state index contributed by atoms with van der Waals surface area (Å²) in [6, 6.07) is 8.17. The third kappa shape index (κ3) is 2.76. The summed E-state index contributed by atoms with van der Waals surface area (Å²) in [6.45, 7) is 6.57. The van der Waals surface area contributed by atoms with Crippen LogP contribution in [-0.2, 0) is 9.16 Å². The average Bonchev–Trinajstić information content (AvgIpc) is 3.02. The number of hydrogen-bond donors (Lipinski definition) is 0. The highest BCUT2D eigenvalue weighted by atomic mass is 28.4. The normalized spacial score (nSPS) is 27.1. The van der Waals surface area contributed by atoms with Crippen LogP contribution in [0, 0.1) is 0 Å². The molecule has 1 aliphatic rings. The molecule has 1 aromatic rings. The molecule has 1 saturated carbocycles. The fourth-order valence-electron chi connectivity index (χ4n) is 2.33. The van der Waals surface area contributed by atoms with Crippen molar-refractivity contribution in [1.82, 2.24) is 0 Å². The standard InChI is InChI=1S/C14H22O3Si/c1-15-12-8-6-11(7-9-12)13-10-14(13,16-2)17-18(3,4)5/h6-9,13H,10H2,1-5H3/t13-,14-/m1/s1. The van der Waals surface area contributed by atoms with Gasteiger partial charge in [-0.2, -0.15) is 0 Å². The predicted octanol–water partition coefficient (Wildman–Crippen LogP) is 3.38. The minimum atomic E-state index is -1.59. The van der Waals surface area contributed by atoms with Gasteiger partial charge < -0.3 is 13.9 Å². The van der Waals surface area contributed by atoms with E-state index in [1.165, 1.54) is 5.56 Å². The summed E-state index contributed by atoms with van der Waals surface area (Å²) in [5.74, 6) is 0.840. The van der Waals surface area contributed by atoms with E-state index in [9.17, 15) is 0 Å². The third-order valence-electron chi connectivity index (χ3n) is 3.20. The lowest BCUT2D eigenvalue weighted by molar-refractivity contribution is -0.0904. The van der Waals surface area contributed by atoms with E-state index in [0.29, 0.717) is 5.92 Å². The van der Waals surface area contributed by atoms with Crippen molar-refractivity contribution < 1.29 is 13.9 Å². The molecular formula is C14H22O3Si. The Bertz CT molecular complexity index is 410. The van der Waals surface area contributed by atoms with E-state index in [2.05, 4.69) is 31.8 Å². The van der Waals surface area contributed by atoms with Gasteiger partial charge in [0.1, 0.15) is 5.75 Å². The molecule has 1 aliphatic carbocycles. The maximum atomic E-state index is 6.19. The molecule has 3 nitrogen and oxygen atoms in total. The monoisotopic (exact) mass is 266 g/mol. The molecule has 0 N–H and O–H groups in total. The predicted molar refractivity (Wildman–Crippen MR) is 74.5 cm³/mol. The van der Waals surface area contributed by atoms with E-state index in [0.717, 1.165) is 12.2 Å². The summed E-state index contributed by atoms with van der Waals surface area (Å²) >= 11 is 0. The maximum absolute atomic E-state index is 6.19. The van der Waals surface area contributed by atoms with Crippen LogP contribution in [0.4, 0.5) is 0 Å². The Morgan fingerprint density at radius 2 is 1.72 bits per heavy atom. The van der Waals surface area contributed by atoms with Crippen LogP contribution in [0.5, 0.6) is 5.75 Å². The maximum Gasteiger partial charge on any atom is 0.187 e. The lowest BCUT2D eigenvalue weighted by Gasteiger charge is -2.26. The molecule has 0 spiro atoms. The molecule has 2 atom stereocenters. The topological polar surface area (TPSA) is 27.7 Å². The molecule has 18 heavy (non-hydrogen) atoms. The molecule has 0 heterocycles. The zero-order valence-corrected chi connectivity index (χ0v) is 12.8. The van der Waals surface area contributed by atoms with Gasteiger partial charge in [0, 0.05) is 19.4 Å². The molecule has 0 aromatic heterocycles. The van der Waals surface area contributed by atoms with Crippen molar-refractivity contribution in [2.24, 2.45) is 0 Å². The highest BCUT2D eigenvalue weighted by molar-refractivity contribution is 6.69. The molecule has 100 valence electrons. The summed E-state index contributed by atoms with van der Waals surface area (Å²) in [5, 5.41) is 0. The van der Waals surface area contributed by atoms with Crippen molar-refractivity contribution in [3.05, 3.63) is 29.8 Å². The second-order valence-electron chi connectivity index (χ2n) is 5.76. The Morgan fingerprint density at radius 1 is 1.11 bits per heavy atom. The molecular weight excluding hydrogens is 244 g/mol. The van der Waals surface area contributed by atoms with E-state index >= 15 is 0 Å². The summed E-state index contributed by atoms with van der Waals surface area (Å²) in [4.78, 5) is 0. The van der Waals surface area contributed by atoms with Gasteiger partial charge in [0.15, 0.2) is 14.1 Å². The van der Waals surface area contributed by atoms with Crippen molar-refractivity contribution in [2.75, 3.05) is 14.2 Å². The summed E-state index contributed by atoms with van der Waals surface area (Å²) < 4.78 is 17.0. The third-order valence-corrected chi connectivity index (χ3v) is 4.16. The largest absolute Gasteiger partial charge is 0.497 e. The number of hydrogen-bond acceptors (Lipinski definition) is 3. The van der Waals surface area contributed by atoms with Gasteiger partial charge in [-0.05, 0) is 37.3 Å². The van der Waals surface area contributed by atoms with Crippen LogP contribution < -0.4 is 4.74 Å². The van der Waals surface area contributed by atoms with Crippen LogP contribution in [0.15, 0.2) is 24.3 Å². The first-order valence-corrected chi connectivity index (χ1v) is 9.70. The Labute approximate surface area is 110 Å². The van der Waals surface area contributed by atoms with Gasteiger partial charge in [0.25, 0.3) is 0 Å². The quantitative estimate of drug-likeness (QED) is 0.604. The Hall–Kier alpha value is -0.843. The van der Waals surface area contributed by atoms with Crippen LogP contribution in [0.1, 0.15) is 17.9 Å². The molecule has 0 amide bonds. The summed E-state index contributed by atoms with van der Waals surface area (Å²) in [6.07, 6.45) is 0.945. The van der Waals surface area contributed by atoms with Crippen LogP contribution >= 0.6 is 0 Å². The summed E-state index contributed by atoms with van der Waals surface area (Å²) in [5.41, 5.74) is 1.26. The first-order valence-electron chi connectivity index (χ1n) is 6.29. The molecule has 0 aliphatic heterocycles. The van der Waals surface area contributed by atoms with Crippen molar-refractivity contribution in [2.45, 2.75) is 37.8 Å². The zero-order valence-electron chi connectivity index (χ0n) is 11.8. The second-order valence-corrected chi connectivity index (χ2v) is 10.2. The first kappa shape index (κ1) is 13.6. The smallest absolute Gasteiger partial charge is 0.187 e. The van der Waals surface area contributed by atoms with Crippen molar-refractivity contribution >= 4 is 8.32 Å². The minimum absolute atomic E-state index is 0.347. The van der Waals surface area contributed by atoms with E-state index in [1.807, 2.05) is 12.1 Å². The van der Waals surface area contributed by atoms with Gasteiger partial charge in [-0.15, -0.1) is 0 Å². The number of benzene rings is 1. The molecule has 0 radical (unpaired) electrons. The van der Waals surface area contributed by atoms with E-state index in [1.54, 1.807) is 14.2 Å². The van der Waals surface area contributed by atoms with Gasteiger partial charge in [0.2, 0.25) is 0 Å². The van der Waals surface area contributed by atoms with E-state index < -0.39 is 8.32 Å². The zero-order chi connectivity index (χ0) is 13.4. The van der Waals surface area contributed by atoms with Gasteiger partial charge >= 0.3 is 0 Å². The average molecular weight is 266 g/mol. The lowest BCUT2D eigenvalue weighted by Crippen LogP contribution is -2.35. The van der Waals surface area contributed by atoms with Crippen LogP contribution in [0.3, 0.4) is 0 Å². The minimum Gasteiger partial charge on any atom is -0.497 e. The van der Waals surface area contributed by atoms with Crippen molar-refractivity contribution in [1.29, 1.82) is 0 Å². The molecule has 1 aromatic carbocycles. The van der Waals surface area contributed by atoms with Gasteiger partial charge in [0.05, 0.1) is 7.11 Å². The Morgan fingerprint density at radius 3 is 2.17 bits per heavy atom. The van der Waals surface area contributed by atoms with Crippen LogP contribution in [0.2, 0.25) is 19.6 Å². The van der Waals surface area contributed by atoms with Crippen LogP contribution in [-0.4, -0.2) is 28.3 Å². The number of methoxy groups -OCH3 is 2. The Balaban J connectivity index is 2.11. The SMILES string of the molecule is COc1ccc([C@H]2C[C@@]2(OC)O[Si](C)(C)C)cc1. The molecule has 1 fully saturated rings. The van der Waals surface area contributed by atoms with E-state index in [4.69, 9.17) is 13.9 Å². The lowest BCUT2D eigenvalue weighted by atomic mass is 10.1. The van der Waals surface area contributed by atoms with Crippen LogP contribution in [0.25, 0.3) is 0 Å². The number of ether oxygens (including phenoxy) is 2. The highest BCUT2D eigenvalue weighted by Gasteiger charge is 2.58. The van der Waals surface area contributed by atoms with Gasteiger partial charge in [-0.1, -0.05) is 12.1 Å². The Kier molecular flexibility index (Phi) is 3.53.